The second kappa shape index (κ2) is 5.02. The first-order valence-electron chi connectivity index (χ1n) is 7.52. The Kier molecular flexibility index (Phi) is 4.08. The predicted molar refractivity (Wildman–Crippen MR) is 68.9 cm³/mol. The van der Waals surface area contributed by atoms with Gasteiger partial charge in [-0.25, -0.2) is 0 Å². The van der Waals surface area contributed by atoms with E-state index in [0.717, 1.165) is 6.42 Å². The molecule has 2 rings (SSSR count). The number of halogens is 6. The summed E-state index contributed by atoms with van der Waals surface area (Å²) in [5.41, 5.74) is -4.75. The van der Waals surface area contributed by atoms with Crippen LogP contribution in [-0.4, -0.2) is 23.1 Å². The van der Waals surface area contributed by atoms with Gasteiger partial charge >= 0.3 is 12.4 Å². The molecule has 2 aliphatic rings. The summed E-state index contributed by atoms with van der Waals surface area (Å²) >= 11 is 0. The molecule has 130 valence electrons. The Morgan fingerprint density at radius 1 is 0.864 bits per heavy atom. The predicted octanol–water partition coefficient (Wildman–Crippen LogP) is 4.94. The summed E-state index contributed by atoms with van der Waals surface area (Å²) in [6.07, 6.45) is -10.8. The normalized spacial score (nSPS) is 33.5. The molecule has 0 aromatic heterocycles. The van der Waals surface area contributed by atoms with E-state index >= 15 is 0 Å². The third-order valence-electron chi connectivity index (χ3n) is 5.56. The van der Waals surface area contributed by atoms with Gasteiger partial charge in [-0.15, -0.1) is 0 Å². The minimum Gasteiger partial charge on any atom is -0.374 e. The van der Waals surface area contributed by atoms with Crippen molar-refractivity contribution in [2.45, 2.75) is 64.4 Å². The second-order valence-corrected chi connectivity index (χ2v) is 8.03. The van der Waals surface area contributed by atoms with Gasteiger partial charge in [0.1, 0.15) is 0 Å². The van der Waals surface area contributed by atoms with E-state index in [1.54, 1.807) is 0 Å². The lowest BCUT2D eigenvalue weighted by molar-refractivity contribution is -0.373. The van der Waals surface area contributed by atoms with Crippen LogP contribution in [0.3, 0.4) is 0 Å². The van der Waals surface area contributed by atoms with Gasteiger partial charge in [0.25, 0.3) is 5.60 Å². The first-order valence-corrected chi connectivity index (χ1v) is 7.52. The van der Waals surface area contributed by atoms with Crippen LogP contribution in [0.4, 0.5) is 26.3 Å². The Hall–Kier alpha value is -0.460. The molecule has 0 amide bonds. The van der Waals surface area contributed by atoms with Crippen molar-refractivity contribution >= 4 is 0 Å². The number of hydrogen-bond donors (Lipinski definition) is 1. The maximum atomic E-state index is 12.9. The summed E-state index contributed by atoms with van der Waals surface area (Å²) in [6, 6.07) is 0. The van der Waals surface area contributed by atoms with E-state index in [9.17, 15) is 31.4 Å². The van der Waals surface area contributed by atoms with Crippen molar-refractivity contribution in [2.75, 3.05) is 0 Å². The molecule has 1 N–H and O–H groups in total. The molecule has 0 saturated heterocycles. The Bertz CT molecular complexity index is 405. The fourth-order valence-electron chi connectivity index (χ4n) is 4.50. The maximum absolute atomic E-state index is 12.9. The van der Waals surface area contributed by atoms with Crippen LogP contribution in [0.5, 0.6) is 0 Å². The highest BCUT2D eigenvalue weighted by Crippen LogP contribution is 2.60. The van der Waals surface area contributed by atoms with Gasteiger partial charge in [0.15, 0.2) is 0 Å². The average molecular weight is 332 g/mol. The Morgan fingerprint density at radius 3 is 1.73 bits per heavy atom. The minimum absolute atomic E-state index is 0.113. The second-order valence-electron chi connectivity index (χ2n) is 8.03. The van der Waals surface area contributed by atoms with Gasteiger partial charge in [-0.1, -0.05) is 20.8 Å². The van der Waals surface area contributed by atoms with Crippen LogP contribution in [0.15, 0.2) is 0 Å². The Balaban J connectivity index is 2.23. The van der Waals surface area contributed by atoms with Crippen molar-refractivity contribution in [2.24, 2.45) is 29.1 Å². The zero-order valence-corrected chi connectivity index (χ0v) is 12.9. The fourth-order valence-corrected chi connectivity index (χ4v) is 4.50. The summed E-state index contributed by atoms with van der Waals surface area (Å²) in [6.45, 7) is 5.90. The van der Waals surface area contributed by atoms with Gasteiger partial charge in [-0.05, 0) is 54.8 Å². The van der Waals surface area contributed by atoms with Gasteiger partial charge in [-0.3, -0.25) is 0 Å². The number of alkyl halides is 6. The van der Waals surface area contributed by atoms with Crippen LogP contribution < -0.4 is 0 Å². The highest BCUT2D eigenvalue weighted by atomic mass is 19.4. The summed E-state index contributed by atoms with van der Waals surface area (Å²) in [7, 11) is 0. The smallest absolute Gasteiger partial charge is 0.374 e. The van der Waals surface area contributed by atoms with Crippen molar-refractivity contribution in [3.05, 3.63) is 0 Å². The number of rotatable bonds is 2. The van der Waals surface area contributed by atoms with Crippen LogP contribution in [0, 0.1) is 29.1 Å². The molecule has 0 heterocycles. The lowest BCUT2D eigenvalue weighted by Crippen LogP contribution is -2.58. The molecular formula is C15H22F6O. The van der Waals surface area contributed by atoms with Gasteiger partial charge in [0, 0.05) is 0 Å². The Morgan fingerprint density at radius 2 is 1.36 bits per heavy atom. The lowest BCUT2D eigenvalue weighted by atomic mass is 9.66. The third kappa shape index (κ3) is 2.85. The topological polar surface area (TPSA) is 20.2 Å². The monoisotopic (exact) mass is 332 g/mol. The van der Waals surface area contributed by atoms with Crippen LogP contribution in [0.2, 0.25) is 0 Å². The zero-order chi connectivity index (χ0) is 17.1. The molecule has 0 aromatic rings. The fraction of sp³-hybridized carbons (Fsp3) is 1.00. The molecule has 0 aromatic carbocycles. The van der Waals surface area contributed by atoms with Crippen molar-refractivity contribution < 1.29 is 31.4 Å². The van der Waals surface area contributed by atoms with Crippen molar-refractivity contribution in [3.8, 4) is 0 Å². The minimum atomic E-state index is -5.70. The molecule has 0 spiro atoms. The van der Waals surface area contributed by atoms with Crippen LogP contribution >= 0.6 is 0 Å². The molecule has 4 atom stereocenters. The maximum Gasteiger partial charge on any atom is 0.426 e. The van der Waals surface area contributed by atoms with Crippen LogP contribution in [0.1, 0.15) is 46.5 Å². The summed E-state index contributed by atoms with van der Waals surface area (Å²) in [5.74, 6) is -0.593. The van der Waals surface area contributed by atoms with Crippen LogP contribution in [0.25, 0.3) is 0 Å². The molecule has 4 unspecified atom stereocenters. The van der Waals surface area contributed by atoms with E-state index in [1.165, 1.54) is 0 Å². The van der Waals surface area contributed by atoms with Crippen molar-refractivity contribution in [1.29, 1.82) is 0 Å². The van der Waals surface area contributed by atoms with Gasteiger partial charge in [0.2, 0.25) is 0 Å². The molecule has 0 radical (unpaired) electrons. The van der Waals surface area contributed by atoms with E-state index in [-0.39, 0.29) is 23.2 Å². The first-order chi connectivity index (χ1) is 9.67. The number of hydrogen-bond acceptors (Lipinski definition) is 1. The SMILES string of the molecule is CC(C)(C)C1CC2CC(CC(O)(C(F)(F)F)C(F)(F)F)C1C2. The molecule has 2 bridgehead atoms. The standard InChI is InChI=1S/C15H22F6O/c1-12(2,3)11-6-8-4-9(10(11)5-8)7-13(22,14(16,17)18)15(19,20)21/h8-11,22H,4-7H2,1-3H3. The molecule has 2 fully saturated rings. The first kappa shape index (κ1) is 17.9. The van der Waals surface area contributed by atoms with E-state index in [4.69, 9.17) is 0 Å². The van der Waals surface area contributed by atoms with Crippen molar-refractivity contribution in [1.82, 2.24) is 0 Å². The molecule has 2 aliphatic carbocycles. The van der Waals surface area contributed by atoms with E-state index in [1.807, 2.05) is 20.8 Å². The molecule has 22 heavy (non-hydrogen) atoms. The molecule has 0 aliphatic heterocycles. The highest BCUT2D eigenvalue weighted by molar-refractivity contribution is 5.04. The number of fused-ring (bicyclic) bond motifs is 2. The van der Waals surface area contributed by atoms with E-state index in [0.29, 0.717) is 12.8 Å². The van der Waals surface area contributed by atoms with Gasteiger partial charge in [-0.2, -0.15) is 26.3 Å². The van der Waals surface area contributed by atoms with Gasteiger partial charge in [0.05, 0.1) is 0 Å². The molecule has 1 nitrogen and oxygen atoms in total. The van der Waals surface area contributed by atoms with Crippen molar-refractivity contribution in [3.63, 3.8) is 0 Å². The summed E-state index contributed by atoms with van der Waals surface area (Å²) < 4.78 is 77.1. The summed E-state index contributed by atoms with van der Waals surface area (Å²) in [5, 5.41) is 9.41. The quantitative estimate of drug-likeness (QED) is 0.710. The molecular weight excluding hydrogens is 310 g/mol. The lowest BCUT2D eigenvalue weighted by Gasteiger charge is -2.41. The van der Waals surface area contributed by atoms with Gasteiger partial charge < -0.3 is 5.11 Å². The molecule has 7 heteroatoms. The van der Waals surface area contributed by atoms with E-state index < -0.39 is 30.3 Å². The largest absolute Gasteiger partial charge is 0.426 e. The Labute approximate surface area is 126 Å². The third-order valence-corrected chi connectivity index (χ3v) is 5.56. The molecule has 2 saturated carbocycles. The highest BCUT2D eigenvalue weighted by Gasteiger charge is 2.71. The number of aliphatic hydroxyl groups is 1. The average Bonchev–Trinajstić information content (AvgIpc) is 2.83. The van der Waals surface area contributed by atoms with Crippen LogP contribution in [-0.2, 0) is 0 Å². The zero-order valence-electron chi connectivity index (χ0n) is 12.9. The van der Waals surface area contributed by atoms with E-state index in [2.05, 4.69) is 0 Å². The summed E-state index contributed by atoms with van der Waals surface area (Å²) in [4.78, 5) is 0.